The summed E-state index contributed by atoms with van der Waals surface area (Å²) in [6.45, 7) is 13.2. The third-order valence-corrected chi connectivity index (χ3v) is 4.57. The Labute approximate surface area is 107 Å². The molecular formula is C15H28N2. The van der Waals surface area contributed by atoms with Crippen molar-refractivity contribution in [1.82, 2.24) is 4.90 Å². The van der Waals surface area contributed by atoms with Crippen LogP contribution >= 0.6 is 0 Å². The Morgan fingerprint density at radius 2 is 1.88 bits per heavy atom. The van der Waals surface area contributed by atoms with Gasteiger partial charge in [0.25, 0.3) is 0 Å². The molecule has 1 fully saturated rings. The van der Waals surface area contributed by atoms with Crippen LogP contribution in [0.25, 0.3) is 0 Å². The van der Waals surface area contributed by atoms with E-state index in [4.69, 9.17) is 0 Å². The van der Waals surface area contributed by atoms with Crippen molar-refractivity contribution in [3.8, 4) is 6.07 Å². The molecule has 0 aliphatic heterocycles. The molecule has 3 atom stereocenters. The van der Waals surface area contributed by atoms with E-state index in [-0.39, 0.29) is 5.54 Å². The van der Waals surface area contributed by atoms with Crippen molar-refractivity contribution >= 4 is 0 Å². The van der Waals surface area contributed by atoms with Crippen LogP contribution in [-0.2, 0) is 0 Å². The molecule has 98 valence electrons. The summed E-state index contributed by atoms with van der Waals surface area (Å²) in [5.41, 5.74) is -0.213. The van der Waals surface area contributed by atoms with Gasteiger partial charge in [0.05, 0.1) is 6.07 Å². The van der Waals surface area contributed by atoms with Gasteiger partial charge in [0, 0.05) is 0 Å². The topological polar surface area (TPSA) is 27.0 Å². The first-order chi connectivity index (χ1) is 8.01. The van der Waals surface area contributed by atoms with Gasteiger partial charge in [0.2, 0.25) is 0 Å². The zero-order chi connectivity index (χ0) is 13.1. The molecule has 3 unspecified atom stereocenters. The molecule has 0 spiro atoms. The fraction of sp³-hybridized carbons (Fsp3) is 0.933. The van der Waals surface area contributed by atoms with Crippen LogP contribution in [0.4, 0.5) is 0 Å². The summed E-state index contributed by atoms with van der Waals surface area (Å²) >= 11 is 0. The summed E-state index contributed by atoms with van der Waals surface area (Å²) in [6, 6.07) is 2.71. The van der Waals surface area contributed by atoms with Gasteiger partial charge in [-0.2, -0.15) is 5.26 Å². The van der Waals surface area contributed by atoms with Gasteiger partial charge in [0.15, 0.2) is 0 Å². The van der Waals surface area contributed by atoms with Crippen molar-refractivity contribution in [2.45, 2.75) is 59.4 Å². The number of nitriles is 1. The van der Waals surface area contributed by atoms with Crippen molar-refractivity contribution in [3.05, 3.63) is 0 Å². The van der Waals surface area contributed by atoms with E-state index in [9.17, 15) is 5.26 Å². The normalized spacial score (nSPS) is 34.0. The number of rotatable bonds is 4. The summed E-state index contributed by atoms with van der Waals surface area (Å²) in [7, 11) is 0. The Bertz CT molecular complexity index is 275. The minimum absolute atomic E-state index is 0.213. The van der Waals surface area contributed by atoms with Gasteiger partial charge < -0.3 is 0 Å². The lowest BCUT2D eigenvalue weighted by Crippen LogP contribution is -2.57. The molecule has 2 heteroatoms. The fourth-order valence-electron chi connectivity index (χ4n) is 3.72. The van der Waals surface area contributed by atoms with Crippen LogP contribution in [0, 0.1) is 29.1 Å². The van der Waals surface area contributed by atoms with Crippen LogP contribution in [-0.4, -0.2) is 23.5 Å². The lowest BCUT2D eigenvalue weighted by Gasteiger charge is -2.49. The van der Waals surface area contributed by atoms with E-state index in [1.807, 2.05) is 0 Å². The van der Waals surface area contributed by atoms with Crippen LogP contribution in [0.5, 0.6) is 0 Å². The molecule has 1 saturated carbocycles. The largest absolute Gasteiger partial charge is 0.286 e. The van der Waals surface area contributed by atoms with Gasteiger partial charge in [-0.3, -0.25) is 4.90 Å². The van der Waals surface area contributed by atoms with Crippen LogP contribution < -0.4 is 0 Å². The molecule has 1 aliphatic rings. The van der Waals surface area contributed by atoms with Gasteiger partial charge in [-0.1, -0.05) is 41.0 Å². The van der Waals surface area contributed by atoms with E-state index >= 15 is 0 Å². The first-order valence-corrected chi connectivity index (χ1v) is 7.18. The molecule has 0 saturated heterocycles. The average Bonchev–Trinajstić information content (AvgIpc) is 2.30. The van der Waals surface area contributed by atoms with Crippen LogP contribution in [0.3, 0.4) is 0 Å². The molecule has 0 aromatic carbocycles. The zero-order valence-electron chi connectivity index (χ0n) is 12.2. The zero-order valence-corrected chi connectivity index (χ0v) is 12.2. The highest BCUT2D eigenvalue weighted by atomic mass is 15.2. The van der Waals surface area contributed by atoms with Crippen molar-refractivity contribution in [2.75, 3.05) is 13.1 Å². The highest BCUT2D eigenvalue weighted by Gasteiger charge is 2.47. The van der Waals surface area contributed by atoms with Gasteiger partial charge in [-0.05, 0) is 43.7 Å². The molecule has 0 amide bonds. The maximum Gasteiger partial charge on any atom is 0.112 e. The highest BCUT2D eigenvalue weighted by molar-refractivity contribution is 5.15. The Hall–Kier alpha value is -0.550. The molecular weight excluding hydrogens is 208 g/mol. The quantitative estimate of drug-likeness (QED) is 0.744. The summed E-state index contributed by atoms with van der Waals surface area (Å²) in [5, 5.41) is 9.82. The SMILES string of the molecule is CCN(CC)C1(C#N)CC(C)CCC1C(C)C. The Kier molecular flexibility index (Phi) is 5.01. The van der Waals surface area contributed by atoms with E-state index in [1.165, 1.54) is 12.8 Å². The summed E-state index contributed by atoms with van der Waals surface area (Å²) in [6.07, 6.45) is 3.55. The maximum atomic E-state index is 9.82. The van der Waals surface area contributed by atoms with Gasteiger partial charge in [0.1, 0.15) is 5.54 Å². The molecule has 0 aromatic heterocycles. The van der Waals surface area contributed by atoms with Crippen LogP contribution in [0.15, 0.2) is 0 Å². The van der Waals surface area contributed by atoms with Crippen molar-refractivity contribution in [2.24, 2.45) is 17.8 Å². The Balaban J connectivity index is 3.08. The minimum Gasteiger partial charge on any atom is -0.286 e. The molecule has 2 nitrogen and oxygen atoms in total. The fourth-order valence-corrected chi connectivity index (χ4v) is 3.72. The number of hydrogen-bond donors (Lipinski definition) is 0. The average molecular weight is 236 g/mol. The first-order valence-electron chi connectivity index (χ1n) is 7.18. The molecule has 0 radical (unpaired) electrons. The summed E-state index contributed by atoms with van der Waals surface area (Å²) in [5.74, 6) is 1.82. The maximum absolute atomic E-state index is 9.82. The first kappa shape index (κ1) is 14.5. The second-order valence-electron chi connectivity index (χ2n) is 5.95. The van der Waals surface area contributed by atoms with Crippen molar-refractivity contribution < 1.29 is 0 Å². The highest BCUT2D eigenvalue weighted by Crippen LogP contribution is 2.44. The van der Waals surface area contributed by atoms with E-state index in [2.05, 4.69) is 45.6 Å². The number of nitrogens with zero attached hydrogens (tertiary/aromatic N) is 2. The van der Waals surface area contributed by atoms with Crippen LogP contribution in [0.2, 0.25) is 0 Å². The van der Waals surface area contributed by atoms with E-state index < -0.39 is 0 Å². The lowest BCUT2D eigenvalue weighted by atomic mass is 9.64. The number of hydrogen-bond acceptors (Lipinski definition) is 2. The van der Waals surface area contributed by atoms with Crippen molar-refractivity contribution in [1.29, 1.82) is 5.26 Å². The molecule has 17 heavy (non-hydrogen) atoms. The van der Waals surface area contributed by atoms with E-state index in [1.54, 1.807) is 0 Å². The molecule has 1 aliphatic carbocycles. The second kappa shape index (κ2) is 5.87. The standard InChI is InChI=1S/C15H28N2/c1-6-17(7-2)15(11-16)10-13(5)8-9-14(15)12(3)4/h12-14H,6-10H2,1-5H3. The molecule has 0 bridgehead atoms. The van der Waals surface area contributed by atoms with Gasteiger partial charge in [-0.25, -0.2) is 0 Å². The van der Waals surface area contributed by atoms with Crippen LogP contribution in [0.1, 0.15) is 53.9 Å². The van der Waals surface area contributed by atoms with E-state index in [0.29, 0.717) is 17.8 Å². The summed E-state index contributed by atoms with van der Waals surface area (Å²) < 4.78 is 0. The lowest BCUT2D eigenvalue weighted by molar-refractivity contribution is 0.0121. The molecule has 0 heterocycles. The minimum atomic E-state index is -0.213. The monoisotopic (exact) mass is 236 g/mol. The second-order valence-corrected chi connectivity index (χ2v) is 5.95. The third kappa shape index (κ3) is 2.65. The smallest absolute Gasteiger partial charge is 0.112 e. The third-order valence-electron chi connectivity index (χ3n) is 4.57. The molecule has 0 aromatic rings. The van der Waals surface area contributed by atoms with Gasteiger partial charge >= 0.3 is 0 Å². The predicted molar refractivity (Wildman–Crippen MR) is 72.6 cm³/mol. The van der Waals surface area contributed by atoms with Gasteiger partial charge in [-0.15, -0.1) is 0 Å². The Morgan fingerprint density at radius 1 is 1.29 bits per heavy atom. The Morgan fingerprint density at radius 3 is 2.29 bits per heavy atom. The molecule has 0 N–H and O–H groups in total. The van der Waals surface area contributed by atoms with Crippen molar-refractivity contribution in [3.63, 3.8) is 0 Å². The van der Waals surface area contributed by atoms with E-state index in [0.717, 1.165) is 19.5 Å². The molecule has 1 rings (SSSR count). The summed E-state index contributed by atoms with van der Waals surface area (Å²) in [4.78, 5) is 2.40. The predicted octanol–water partition coefficient (Wildman–Crippen LogP) is 3.68.